The summed E-state index contributed by atoms with van der Waals surface area (Å²) in [5.74, 6) is -2.60. The van der Waals surface area contributed by atoms with Crippen molar-refractivity contribution in [2.75, 3.05) is 11.4 Å². The second kappa shape index (κ2) is 9.33. The maximum absolute atomic E-state index is 13.2. The van der Waals surface area contributed by atoms with E-state index in [1.54, 1.807) is 23.1 Å². The van der Waals surface area contributed by atoms with Crippen molar-refractivity contribution in [2.24, 2.45) is 0 Å². The predicted molar refractivity (Wildman–Crippen MR) is 120 cm³/mol. The van der Waals surface area contributed by atoms with Crippen LogP contribution in [0, 0.1) is 0 Å². The van der Waals surface area contributed by atoms with E-state index in [0.29, 0.717) is 30.9 Å². The number of carbonyl (C=O) groups is 1. The van der Waals surface area contributed by atoms with Crippen LogP contribution in [0.2, 0.25) is 0 Å². The monoisotopic (exact) mass is 459 g/mol. The zero-order chi connectivity index (χ0) is 22.7. The smallest absolute Gasteiger partial charge is 0.408 e. The number of nitrogens with zero attached hydrogens (tertiary/aromatic N) is 3. The van der Waals surface area contributed by atoms with Crippen molar-refractivity contribution in [3.8, 4) is 0 Å². The first-order valence-corrected chi connectivity index (χ1v) is 11.1. The molecule has 0 radical (unpaired) electrons. The van der Waals surface area contributed by atoms with E-state index >= 15 is 0 Å². The Bertz CT molecular complexity index is 1070. The average Bonchev–Trinajstić information content (AvgIpc) is 3.14. The molecule has 168 valence electrons. The second-order valence-corrected chi connectivity index (χ2v) is 8.42. The molecule has 1 aromatic heterocycles. The number of ether oxygens (including phenoxy) is 1. The molecule has 1 aromatic carbocycles. The molecule has 1 aliphatic heterocycles. The lowest BCUT2D eigenvalue weighted by atomic mass is 9.96. The highest BCUT2D eigenvalue weighted by molar-refractivity contribution is 7.17. The Balaban J connectivity index is 1.52. The molecule has 2 aromatic rings. The zero-order valence-electron chi connectivity index (χ0n) is 17.6. The van der Waals surface area contributed by atoms with Gasteiger partial charge >= 0.3 is 5.85 Å². The fraction of sp³-hybridized carbons (Fsp3) is 0.348. The van der Waals surface area contributed by atoms with E-state index in [1.165, 1.54) is 20.9 Å². The van der Waals surface area contributed by atoms with Crippen LogP contribution in [0.3, 0.4) is 0 Å². The minimum absolute atomic E-state index is 0.0601. The fourth-order valence-corrected chi connectivity index (χ4v) is 3.90. The van der Waals surface area contributed by atoms with Crippen LogP contribution in [0.15, 0.2) is 58.9 Å². The summed E-state index contributed by atoms with van der Waals surface area (Å²) < 4.78 is 36.7. The third kappa shape index (κ3) is 5.30. The standard InChI is InChI=1S/C23H24F2N3O3P/c1-2-15-7-10-18(11-8-15)28-14-17(9-12-20(28)29)22-26-21(27-31-22)16-5-3-4-6-19(13-16)30-23(24,25)32/h3-5,7-8,10-11,13,17H,2,6,9,12,14,32H2,1H3. The molecule has 4 rings (SSSR count). The van der Waals surface area contributed by atoms with E-state index in [0.717, 1.165) is 12.1 Å². The molecule has 0 bridgehead atoms. The SMILES string of the molecule is CCc1ccc(N2CC(c3nc(C4=CC=CCC(OC(F)(F)P)=C4)no3)CCC2=O)cc1. The summed E-state index contributed by atoms with van der Waals surface area (Å²) in [7, 11) is 1.36. The third-order valence-corrected chi connectivity index (χ3v) is 5.55. The van der Waals surface area contributed by atoms with Crippen LogP contribution >= 0.6 is 9.24 Å². The van der Waals surface area contributed by atoms with E-state index < -0.39 is 5.85 Å². The number of alkyl halides is 2. The fourth-order valence-electron chi connectivity index (χ4n) is 3.75. The molecule has 0 spiro atoms. The van der Waals surface area contributed by atoms with Gasteiger partial charge in [-0.15, -0.1) is 0 Å². The molecule has 6 nitrogen and oxygen atoms in total. The summed E-state index contributed by atoms with van der Waals surface area (Å²) in [6.45, 7) is 2.52. The minimum atomic E-state index is -3.36. The maximum Gasteiger partial charge on any atom is 0.408 e. The van der Waals surface area contributed by atoms with Gasteiger partial charge in [0.15, 0.2) is 0 Å². The van der Waals surface area contributed by atoms with Crippen molar-refractivity contribution < 1.29 is 22.8 Å². The summed E-state index contributed by atoms with van der Waals surface area (Å²) in [6, 6.07) is 7.95. The van der Waals surface area contributed by atoms with Crippen molar-refractivity contribution in [3.05, 3.63) is 71.6 Å². The summed E-state index contributed by atoms with van der Waals surface area (Å²) in [6.07, 6.45) is 8.80. The van der Waals surface area contributed by atoms with Gasteiger partial charge in [-0.05, 0) is 45.9 Å². The molecule has 1 fully saturated rings. The Morgan fingerprint density at radius 1 is 1.31 bits per heavy atom. The first-order chi connectivity index (χ1) is 15.3. The molecular weight excluding hydrogens is 435 g/mol. The summed E-state index contributed by atoms with van der Waals surface area (Å²) in [4.78, 5) is 18.8. The summed E-state index contributed by atoms with van der Waals surface area (Å²) in [5, 5.41) is 4.04. The Hall–Kier alpha value is -2.86. The van der Waals surface area contributed by atoms with Crippen LogP contribution in [-0.4, -0.2) is 28.4 Å². The van der Waals surface area contributed by atoms with Gasteiger partial charge in [-0.1, -0.05) is 42.4 Å². The molecule has 1 amide bonds. The van der Waals surface area contributed by atoms with Crippen LogP contribution < -0.4 is 4.90 Å². The minimum Gasteiger partial charge on any atom is -0.434 e. The largest absolute Gasteiger partial charge is 0.434 e. The van der Waals surface area contributed by atoms with Crippen molar-refractivity contribution in [2.45, 2.75) is 44.4 Å². The molecule has 1 saturated heterocycles. The van der Waals surface area contributed by atoms with Gasteiger partial charge < -0.3 is 14.2 Å². The first-order valence-electron chi connectivity index (χ1n) is 10.5. The maximum atomic E-state index is 13.2. The quantitative estimate of drug-likeness (QED) is 0.555. The van der Waals surface area contributed by atoms with Gasteiger partial charge in [-0.25, -0.2) is 0 Å². The molecule has 2 unspecified atom stereocenters. The van der Waals surface area contributed by atoms with Crippen molar-refractivity contribution >= 4 is 26.4 Å². The van der Waals surface area contributed by atoms with E-state index in [-0.39, 0.29) is 29.8 Å². The lowest BCUT2D eigenvalue weighted by Crippen LogP contribution is -2.39. The summed E-state index contributed by atoms with van der Waals surface area (Å²) in [5.41, 5.74) is 2.56. The molecular formula is C23H24F2N3O3P. The van der Waals surface area contributed by atoms with Crippen molar-refractivity contribution in [3.63, 3.8) is 0 Å². The lowest BCUT2D eigenvalue weighted by Gasteiger charge is -2.31. The van der Waals surface area contributed by atoms with Gasteiger partial charge in [0.05, 0.1) is 5.92 Å². The van der Waals surface area contributed by atoms with Gasteiger partial charge in [0.2, 0.25) is 17.6 Å². The van der Waals surface area contributed by atoms with E-state index in [4.69, 9.17) is 9.26 Å². The van der Waals surface area contributed by atoms with Gasteiger partial charge in [-0.3, -0.25) is 4.79 Å². The first kappa shape index (κ1) is 22.3. The number of aromatic nitrogens is 2. The number of piperidine rings is 1. The highest BCUT2D eigenvalue weighted by Gasteiger charge is 2.31. The number of hydrogen-bond acceptors (Lipinski definition) is 5. The number of benzene rings is 1. The number of halogens is 2. The predicted octanol–water partition coefficient (Wildman–Crippen LogP) is 5.21. The topological polar surface area (TPSA) is 68.5 Å². The number of aryl methyl sites for hydroxylation is 1. The summed E-state index contributed by atoms with van der Waals surface area (Å²) >= 11 is 0. The number of hydrogen-bond donors (Lipinski definition) is 0. The molecule has 2 heterocycles. The van der Waals surface area contributed by atoms with Crippen LogP contribution in [0.1, 0.15) is 49.4 Å². The van der Waals surface area contributed by atoms with Gasteiger partial charge in [0, 0.05) is 30.6 Å². The molecule has 2 aliphatic rings. The lowest BCUT2D eigenvalue weighted by molar-refractivity contribution is -0.134. The van der Waals surface area contributed by atoms with Gasteiger partial charge in [-0.2, -0.15) is 13.8 Å². The Kier molecular flexibility index (Phi) is 6.51. The van der Waals surface area contributed by atoms with E-state index in [9.17, 15) is 13.6 Å². The van der Waals surface area contributed by atoms with Crippen LogP contribution in [0.4, 0.5) is 14.5 Å². The highest BCUT2D eigenvalue weighted by Crippen LogP contribution is 2.33. The van der Waals surface area contributed by atoms with Crippen LogP contribution in [0.25, 0.3) is 5.57 Å². The molecule has 0 N–H and O–H groups in total. The number of carbonyl (C=O) groups excluding carboxylic acids is 1. The number of amides is 1. The Morgan fingerprint density at radius 2 is 2.09 bits per heavy atom. The van der Waals surface area contributed by atoms with Crippen LogP contribution in [-0.2, 0) is 16.0 Å². The van der Waals surface area contributed by atoms with Crippen molar-refractivity contribution in [1.82, 2.24) is 10.1 Å². The van der Waals surface area contributed by atoms with E-state index in [1.807, 2.05) is 24.3 Å². The highest BCUT2D eigenvalue weighted by atomic mass is 31.0. The second-order valence-electron chi connectivity index (χ2n) is 7.74. The number of anilines is 1. The molecule has 32 heavy (non-hydrogen) atoms. The number of allylic oxidation sites excluding steroid dienone is 5. The van der Waals surface area contributed by atoms with Gasteiger partial charge in [0.25, 0.3) is 0 Å². The normalized spacial score (nSPS) is 19.4. The molecule has 0 saturated carbocycles. The molecule has 1 aliphatic carbocycles. The zero-order valence-corrected chi connectivity index (χ0v) is 18.8. The van der Waals surface area contributed by atoms with Crippen molar-refractivity contribution in [1.29, 1.82) is 0 Å². The van der Waals surface area contributed by atoms with E-state index in [2.05, 4.69) is 17.1 Å². The van der Waals surface area contributed by atoms with Gasteiger partial charge in [0.1, 0.15) is 5.76 Å². The van der Waals surface area contributed by atoms with Crippen LogP contribution in [0.5, 0.6) is 0 Å². The molecule has 2 atom stereocenters. The molecule has 9 heteroatoms. The average molecular weight is 459 g/mol. The third-order valence-electron chi connectivity index (χ3n) is 5.43. The Morgan fingerprint density at radius 3 is 2.81 bits per heavy atom. The Labute approximate surface area is 187 Å². The number of rotatable bonds is 6.